The molecule has 9 aromatic carbocycles. The maximum atomic E-state index is 6.65. The van der Waals surface area contributed by atoms with Crippen molar-refractivity contribution in [2.45, 2.75) is 0 Å². The molecule has 4 nitrogen and oxygen atoms in total. The van der Waals surface area contributed by atoms with Crippen LogP contribution in [0.5, 0.6) is 0 Å². The molecule has 3 heterocycles. The second-order valence-corrected chi connectivity index (χ2v) is 14.5. The number of fused-ring (bicyclic) bond motifs is 11. The second-order valence-electron chi connectivity index (χ2n) is 14.5. The first-order valence-corrected chi connectivity index (χ1v) is 19.0. The first-order chi connectivity index (χ1) is 27.8. The van der Waals surface area contributed by atoms with Crippen LogP contribution < -0.4 is 4.90 Å². The maximum Gasteiger partial charge on any atom is 0.213 e. The summed E-state index contributed by atoms with van der Waals surface area (Å²) in [6, 6.07) is 68.9. The van der Waals surface area contributed by atoms with E-state index in [0.717, 1.165) is 88.8 Å². The van der Waals surface area contributed by atoms with Gasteiger partial charge in [0.2, 0.25) is 5.71 Å². The highest BCUT2D eigenvalue weighted by Gasteiger charge is 2.23. The average molecular weight is 717 g/mol. The van der Waals surface area contributed by atoms with Gasteiger partial charge >= 0.3 is 0 Å². The Bertz CT molecular complexity index is 3480. The lowest BCUT2D eigenvalue weighted by molar-refractivity contribution is 0.645. The van der Waals surface area contributed by atoms with Gasteiger partial charge in [-0.2, -0.15) is 0 Å². The zero-order valence-corrected chi connectivity index (χ0v) is 30.2. The summed E-state index contributed by atoms with van der Waals surface area (Å²) in [6.07, 6.45) is 0. The molecule has 0 N–H and O–H groups in total. The van der Waals surface area contributed by atoms with Crippen LogP contribution in [0.1, 0.15) is 0 Å². The molecular weight excluding hydrogens is 685 g/mol. The Hall–Kier alpha value is -7.56. The second kappa shape index (κ2) is 12.0. The minimum Gasteiger partial charge on any atom is -0.454 e. The SMILES string of the molecule is c1ccc(-n2c3oc4ccccc4c3c3cccc(-c4ccc(N(c5ccc6c(ccc7ccccc76)c5)c5cccc6c5oc5ccccc56)cc4)c32)cc1. The molecule has 262 valence electrons. The van der Waals surface area contributed by atoms with E-state index in [9.17, 15) is 0 Å². The minimum absolute atomic E-state index is 0.852. The van der Waals surface area contributed by atoms with Gasteiger partial charge in [-0.1, -0.05) is 140 Å². The number of benzene rings is 9. The van der Waals surface area contributed by atoms with Crippen LogP contribution in [0.15, 0.2) is 203 Å². The van der Waals surface area contributed by atoms with Crippen molar-refractivity contribution in [2.24, 2.45) is 0 Å². The number of hydrogen-bond donors (Lipinski definition) is 0. The quantitative estimate of drug-likeness (QED) is 0.166. The fourth-order valence-corrected chi connectivity index (χ4v) is 8.86. The highest BCUT2D eigenvalue weighted by atomic mass is 16.3. The third-order valence-electron chi connectivity index (χ3n) is 11.4. The summed E-state index contributed by atoms with van der Waals surface area (Å²) < 4.78 is 15.5. The third-order valence-corrected chi connectivity index (χ3v) is 11.4. The summed E-state index contributed by atoms with van der Waals surface area (Å²) in [5, 5.41) is 10.5. The van der Waals surface area contributed by atoms with Gasteiger partial charge in [0, 0.05) is 44.2 Å². The molecule has 0 atom stereocenters. The molecular formula is C52H32N2O2. The predicted octanol–water partition coefficient (Wildman–Crippen LogP) is 14.9. The Balaban J connectivity index is 1.07. The van der Waals surface area contributed by atoms with Gasteiger partial charge in [-0.3, -0.25) is 4.57 Å². The van der Waals surface area contributed by atoms with Gasteiger partial charge in [-0.25, -0.2) is 0 Å². The van der Waals surface area contributed by atoms with Crippen molar-refractivity contribution in [1.29, 1.82) is 0 Å². The molecule has 0 aliphatic heterocycles. The van der Waals surface area contributed by atoms with E-state index in [0.29, 0.717) is 0 Å². The van der Waals surface area contributed by atoms with Crippen molar-refractivity contribution < 1.29 is 8.83 Å². The number of hydrogen-bond acceptors (Lipinski definition) is 3. The van der Waals surface area contributed by atoms with Gasteiger partial charge in [0.15, 0.2) is 5.58 Å². The lowest BCUT2D eigenvalue weighted by Gasteiger charge is -2.26. The molecule has 0 aliphatic rings. The number of rotatable bonds is 5. The fourth-order valence-electron chi connectivity index (χ4n) is 8.86. The number of furan rings is 2. The lowest BCUT2D eigenvalue weighted by atomic mass is 10.00. The van der Waals surface area contributed by atoms with Gasteiger partial charge in [0.05, 0.1) is 16.6 Å². The number of para-hydroxylation sites is 5. The van der Waals surface area contributed by atoms with Crippen LogP contribution in [0.2, 0.25) is 0 Å². The van der Waals surface area contributed by atoms with E-state index in [2.05, 4.69) is 185 Å². The average Bonchev–Trinajstić information content (AvgIpc) is 3.94. The summed E-state index contributed by atoms with van der Waals surface area (Å²) in [6.45, 7) is 0. The molecule has 0 saturated carbocycles. The lowest BCUT2D eigenvalue weighted by Crippen LogP contribution is -2.10. The molecule has 12 rings (SSSR count). The van der Waals surface area contributed by atoms with E-state index in [1.54, 1.807) is 0 Å². The molecule has 0 spiro atoms. The zero-order chi connectivity index (χ0) is 36.7. The molecule has 4 heteroatoms. The van der Waals surface area contributed by atoms with Gasteiger partial charge < -0.3 is 13.7 Å². The van der Waals surface area contributed by atoms with E-state index >= 15 is 0 Å². The Kier molecular flexibility index (Phi) is 6.60. The molecule has 0 amide bonds. The van der Waals surface area contributed by atoms with Crippen molar-refractivity contribution in [1.82, 2.24) is 4.57 Å². The molecule has 56 heavy (non-hydrogen) atoms. The van der Waals surface area contributed by atoms with Gasteiger partial charge in [-0.05, 0) is 81.7 Å². The Morgan fingerprint density at radius 3 is 1.91 bits per heavy atom. The highest BCUT2D eigenvalue weighted by molar-refractivity contribution is 6.22. The molecule has 0 aliphatic carbocycles. The van der Waals surface area contributed by atoms with E-state index in [1.165, 1.54) is 21.5 Å². The van der Waals surface area contributed by atoms with Crippen molar-refractivity contribution in [2.75, 3.05) is 4.90 Å². The van der Waals surface area contributed by atoms with Crippen LogP contribution >= 0.6 is 0 Å². The Labute approximate surface area is 321 Å². The number of aromatic nitrogens is 1. The van der Waals surface area contributed by atoms with Gasteiger partial charge in [0.1, 0.15) is 11.2 Å². The molecule has 0 fully saturated rings. The zero-order valence-electron chi connectivity index (χ0n) is 30.2. The molecule has 12 aromatic rings. The first kappa shape index (κ1) is 30.9. The molecule has 0 radical (unpaired) electrons. The maximum absolute atomic E-state index is 6.65. The molecule has 3 aromatic heterocycles. The smallest absolute Gasteiger partial charge is 0.213 e. The van der Waals surface area contributed by atoms with Crippen LogP contribution in [0, 0.1) is 0 Å². The number of anilines is 3. The standard InChI is InChI=1S/C52H32N2O2/c1-2-13-36(14-3-1)54-50-41(18-10-20-45(50)49-44-17-7-9-23-48(44)56-52(49)54)34-26-28-37(29-27-34)53(46-21-11-19-43-42-16-6-8-22-47(42)55-51(43)46)38-30-31-40-35(32-38)25-24-33-12-4-5-15-39(33)40/h1-32H. The third kappa shape index (κ3) is 4.53. The summed E-state index contributed by atoms with van der Waals surface area (Å²) in [5.41, 5.74) is 11.0. The van der Waals surface area contributed by atoms with Crippen molar-refractivity contribution >= 4 is 93.5 Å². The molecule has 0 bridgehead atoms. The first-order valence-electron chi connectivity index (χ1n) is 19.0. The molecule has 0 unspecified atom stereocenters. The summed E-state index contributed by atoms with van der Waals surface area (Å²) in [7, 11) is 0. The largest absolute Gasteiger partial charge is 0.454 e. The summed E-state index contributed by atoms with van der Waals surface area (Å²) >= 11 is 0. The van der Waals surface area contributed by atoms with Crippen LogP contribution in [0.25, 0.3) is 93.3 Å². The van der Waals surface area contributed by atoms with Crippen LogP contribution in [-0.2, 0) is 0 Å². The van der Waals surface area contributed by atoms with E-state index in [-0.39, 0.29) is 0 Å². The van der Waals surface area contributed by atoms with E-state index in [4.69, 9.17) is 8.83 Å². The van der Waals surface area contributed by atoms with Crippen molar-refractivity contribution in [3.63, 3.8) is 0 Å². The Morgan fingerprint density at radius 1 is 0.411 bits per heavy atom. The predicted molar refractivity (Wildman–Crippen MR) is 233 cm³/mol. The van der Waals surface area contributed by atoms with Gasteiger partial charge in [-0.15, -0.1) is 0 Å². The molecule has 0 saturated heterocycles. The number of nitrogens with zero attached hydrogens (tertiary/aromatic N) is 2. The topological polar surface area (TPSA) is 34.5 Å². The summed E-state index contributed by atoms with van der Waals surface area (Å²) in [4.78, 5) is 2.33. The van der Waals surface area contributed by atoms with E-state index in [1.807, 2.05) is 18.2 Å². The fraction of sp³-hybridized carbons (Fsp3) is 0. The van der Waals surface area contributed by atoms with Crippen LogP contribution in [0.4, 0.5) is 17.1 Å². The van der Waals surface area contributed by atoms with Gasteiger partial charge in [0.25, 0.3) is 0 Å². The van der Waals surface area contributed by atoms with Crippen molar-refractivity contribution in [3.8, 4) is 16.8 Å². The van der Waals surface area contributed by atoms with Crippen LogP contribution in [0.3, 0.4) is 0 Å². The van der Waals surface area contributed by atoms with Crippen molar-refractivity contribution in [3.05, 3.63) is 194 Å². The van der Waals surface area contributed by atoms with Crippen LogP contribution in [-0.4, -0.2) is 4.57 Å². The normalized spacial score (nSPS) is 11.9. The summed E-state index contributed by atoms with van der Waals surface area (Å²) in [5.74, 6) is 0. The highest BCUT2D eigenvalue weighted by Crippen LogP contribution is 2.46. The minimum atomic E-state index is 0.852. The van der Waals surface area contributed by atoms with E-state index < -0.39 is 0 Å². The Morgan fingerprint density at radius 2 is 1.05 bits per heavy atom. The monoisotopic (exact) mass is 716 g/mol.